The Kier molecular flexibility index (Phi) is 4.34. The van der Waals surface area contributed by atoms with E-state index >= 15 is 0 Å². The van der Waals surface area contributed by atoms with Gasteiger partial charge in [-0.25, -0.2) is 0 Å². The molecule has 3 rings (SSSR count). The van der Waals surface area contributed by atoms with Crippen molar-refractivity contribution in [3.05, 3.63) is 12.2 Å². The number of carbonyl (C=O) groups is 1. The van der Waals surface area contributed by atoms with Crippen molar-refractivity contribution >= 4 is 5.97 Å². The number of hydrogen-bond donors (Lipinski definition) is 1. The van der Waals surface area contributed by atoms with E-state index in [2.05, 4.69) is 19.9 Å². The van der Waals surface area contributed by atoms with Crippen LogP contribution in [0.4, 0.5) is 0 Å². The van der Waals surface area contributed by atoms with Crippen LogP contribution in [-0.2, 0) is 9.53 Å². The highest BCUT2D eigenvalue weighted by Crippen LogP contribution is 2.60. The highest BCUT2D eigenvalue weighted by atomic mass is 16.5. The second-order valence-corrected chi connectivity index (χ2v) is 6.65. The summed E-state index contributed by atoms with van der Waals surface area (Å²) in [5.41, 5.74) is 6.85. The van der Waals surface area contributed by atoms with Gasteiger partial charge in [0.2, 0.25) is 0 Å². The first-order chi connectivity index (χ1) is 8.96. The molecule has 3 heteroatoms. The van der Waals surface area contributed by atoms with Gasteiger partial charge in [0.25, 0.3) is 0 Å². The number of allylic oxidation sites excluding steroid dienone is 1. The summed E-state index contributed by atoms with van der Waals surface area (Å²) in [6.45, 7) is 7.01. The van der Waals surface area contributed by atoms with Gasteiger partial charge >= 0.3 is 5.97 Å². The standard InChI is InChI=1S/C16H27NO2/c1-4-19-14(18)8-6-5-7-11-9-12-10-13(15(11)17)16(12,2)3/h5-6,11-13,15H,4,7-10,17H2,1-3H3/b6-5-. The monoisotopic (exact) mass is 265 g/mol. The summed E-state index contributed by atoms with van der Waals surface area (Å²) >= 11 is 0. The number of hydrogen-bond acceptors (Lipinski definition) is 3. The fourth-order valence-electron chi connectivity index (χ4n) is 3.88. The topological polar surface area (TPSA) is 52.3 Å². The van der Waals surface area contributed by atoms with Crippen molar-refractivity contribution in [3.8, 4) is 0 Å². The largest absolute Gasteiger partial charge is 0.466 e. The van der Waals surface area contributed by atoms with E-state index in [0.717, 1.165) is 12.3 Å². The number of carbonyl (C=O) groups excluding carboxylic acids is 1. The molecule has 0 aliphatic heterocycles. The molecule has 108 valence electrons. The Balaban J connectivity index is 1.76. The third-order valence-corrected chi connectivity index (χ3v) is 5.34. The molecular weight excluding hydrogens is 238 g/mol. The molecule has 3 fully saturated rings. The van der Waals surface area contributed by atoms with Crippen molar-refractivity contribution < 1.29 is 9.53 Å². The molecule has 3 saturated carbocycles. The summed E-state index contributed by atoms with van der Waals surface area (Å²) in [6.07, 6.45) is 7.98. The molecule has 4 atom stereocenters. The molecule has 3 aliphatic carbocycles. The van der Waals surface area contributed by atoms with Crippen LogP contribution in [0.3, 0.4) is 0 Å². The van der Waals surface area contributed by atoms with Crippen molar-refractivity contribution in [3.63, 3.8) is 0 Å². The van der Waals surface area contributed by atoms with Crippen molar-refractivity contribution in [2.75, 3.05) is 6.61 Å². The zero-order valence-electron chi connectivity index (χ0n) is 12.4. The molecule has 0 radical (unpaired) electrons. The maximum atomic E-state index is 11.2. The van der Waals surface area contributed by atoms with Gasteiger partial charge in [-0.2, -0.15) is 0 Å². The van der Waals surface area contributed by atoms with E-state index < -0.39 is 0 Å². The lowest BCUT2D eigenvalue weighted by molar-refractivity contribution is -0.142. The van der Waals surface area contributed by atoms with E-state index in [4.69, 9.17) is 10.5 Å². The normalized spacial score (nSPS) is 36.0. The molecule has 3 nitrogen and oxygen atoms in total. The first kappa shape index (κ1) is 14.6. The van der Waals surface area contributed by atoms with E-state index in [9.17, 15) is 4.79 Å². The van der Waals surface area contributed by atoms with Gasteiger partial charge in [-0.3, -0.25) is 4.79 Å². The molecule has 0 amide bonds. The van der Waals surface area contributed by atoms with Crippen LogP contribution >= 0.6 is 0 Å². The highest BCUT2D eigenvalue weighted by molar-refractivity contribution is 5.71. The summed E-state index contributed by atoms with van der Waals surface area (Å²) in [5, 5.41) is 0. The summed E-state index contributed by atoms with van der Waals surface area (Å²) in [5.74, 6) is 1.99. The molecule has 0 heterocycles. The molecule has 2 N–H and O–H groups in total. The van der Waals surface area contributed by atoms with Gasteiger partial charge in [0.05, 0.1) is 13.0 Å². The van der Waals surface area contributed by atoms with Crippen LogP contribution in [0.1, 0.15) is 46.5 Å². The number of esters is 1. The third-order valence-electron chi connectivity index (χ3n) is 5.34. The van der Waals surface area contributed by atoms with E-state index in [-0.39, 0.29) is 5.97 Å². The second kappa shape index (κ2) is 5.66. The van der Waals surface area contributed by atoms with E-state index in [1.165, 1.54) is 12.8 Å². The average molecular weight is 265 g/mol. The smallest absolute Gasteiger partial charge is 0.309 e. The predicted molar refractivity (Wildman–Crippen MR) is 76.5 cm³/mol. The van der Waals surface area contributed by atoms with Crippen LogP contribution in [0.2, 0.25) is 0 Å². The first-order valence-corrected chi connectivity index (χ1v) is 7.53. The van der Waals surface area contributed by atoms with Gasteiger partial charge < -0.3 is 10.5 Å². The molecule has 0 aromatic rings. The maximum Gasteiger partial charge on any atom is 0.309 e. The quantitative estimate of drug-likeness (QED) is 0.614. The van der Waals surface area contributed by atoms with E-state index in [0.29, 0.717) is 36.3 Å². The zero-order chi connectivity index (χ0) is 14.0. The van der Waals surface area contributed by atoms with Gasteiger partial charge in [-0.05, 0) is 49.4 Å². The lowest BCUT2D eigenvalue weighted by Gasteiger charge is -2.61. The Morgan fingerprint density at radius 1 is 1.37 bits per heavy atom. The van der Waals surface area contributed by atoms with Gasteiger partial charge in [-0.1, -0.05) is 26.0 Å². The van der Waals surface area contributed by atoms with E-state index in [1.54, 1.807) is 0 Å². The van der Waals surface area contributed by atoms with Gasteiger partial charge in [0, 0.05) is 6.04 Å². The number of nitrogens with two attached hydrogens (primary N) is 1. The molecule has 0 spiro atoms. The fourth-order valence-corrected chi connectivity index (χ4v) is 3.88. The molecule has 4 unspecified atom stereocenters. The average Bonchev–Trinajstić information content (AvgIpc) is 2.35. The molecular formula is C16H27NO2. The van der Waals surface area contributed by atoms with Crippen molar-refractivity contribution in [1.82, 2.24) is 0 Å². The Morgan fingerprint density at radius 2 is 2.11 bits per heavy atom. The van der Waals surface area contributed by atoms with Gasteiger partial charge in [0.1, 0.15) is 0 Å². The lowest BCUT2D eigenvalue weighted by atomic mass is 9.45. The minimum Gasteiger partial charge on any atom is -0.466 e. The van der Waals surface area contributed by atoms with E-state index in [1.807, 2.05) is 13.0 Å². The van der Waals surface area contributed by atoms with Crippen molar-refractivity contribution in [2.24, 2.45) is 28.9 Å². The van der Waals surface area contributed by atoms with Crippen LogP contribution in [0, 0.1) is 23.2 Å². The molecule has 19 heavy (non-hydrogen) atoms. The number of ether oxygens (including phenoxy) is 1. The van der Waals surface area contributed by atoms with Gasteiger partial charge in [-0.15, -0.1) is 0 Å². The third kappa shape index (κ3) is 2.86. The zero-order valence-corrected chi connectivity index (χ0v) is 12.4. The molecule has 0 aromatic carbocycles. The van der Waals surface area contributed by atoms with Crippen molar-refractivity contribution in [2.45, 2.75) is 52.5 Å². The number of rotatable bonds is 5. The van der Waals surface area contributed by atoms with Crippen LogP contribution in [-0.4, -0.2) is 18.6 Å². The molecule has 0 aromatic heterocycles. The van der Waals surface area contributed by atoms with Crippen LogP contribution in [0.25, 0.3) is 0 Å². The first-order valence-electron chi connectivity index (χ1n) is 7.53. The summed E-state index contributed by atoms with van der Waals surface area (Å²) in [7, 11) is 0. The van der Waals surface area contributed by atoms with Crippen LogP contribution in [0.5, 0.6) is 0 Å². The Labute approximate surface area is 116 Å². The summed E-state index contributed by atoms with van der Waals surface area (Å²) in [4.78, 5) is 11.2. The minimum atomic E-state index is -0.143. The minimum absolute atomic E-state index is 0.143. The Hall–Kier alpha value is -0.830. The maximum absolute atomic E-state index is 11.2. The Morgan fingerprint density at radius 3 is 2.68 bits per heavy atom. The van der Waals surface area contributed by atoms with Crippen LogP contribution < -0.4 is 5.73 Å². The van der Waals surface area contributed by atoms with Crippen molar-refractivity contribution in [1.29, 1.82) is 0 Å². The van der Waals surface area contributed by atoms with Crippen LogP contribution in [0.15, 0.2) is 12.2 Å². The van der Waals surface area contributed by atoms with Gasteiger partial charge in [0.15, 0.2) is 0 Å². The highest BCUT2D eigenvalue weighted by Gasteiger charge is 2.56. The summed E-state index contributed by atoms with van der Waals surface area (Å²) < 4.78 is 4.89. The molecule has 3 aliphatic rings. The fraction of sp³-hybridized carbons (Fsp3) is 0.812. The summed E-state index contributed by atoms with van der Waals surface area (Å²) in [6, 6.07) is 0.326. The molecule has 2 bridgehead atoms. The predicted octanol–water partition coefficient (Wildman–Crippen LogP) is 2.90. The SMILES string of the molecule is CCOC(=O)C/C=C\CC1CC2CC(C1N)C2(C)C. The lowest BCUT2D eigenvalue weighted by Crippen LogP contribution is -2.61. The number of fused-ring (bicyclic) bond motifs is 2. The second-order valence-electron chi connectivity index (χ2n) is 6.65. The molecule has 0 saturated heterocycles. The Bertz CT molecular complexity index is 362.